The number of H-pyrrole nitrogens is 1. The van der Waals surface area contributed by atoms with E-state index in [4.69, 9.17) is 0 Å². The molecular formula is C11H16BrN3O2. The summed E-state index contributed by atoms with van der Waals surface area (Å²) in [6.07, 6.45) is 4.07. The summed E-state index contributed by atoms with van der Waals surface area (Å²) < 4.78 is 1.92. The molecule has 0 saturated heterocycles. The van der Waals surface area contributed by atoms with E-state index >= 15 is 0 Å². The smallest absolute Gasteiger partial charge is 0.314 e. The topological polar surface area (TPSA) is 66.9 Å². The standard InChI is InChI=1S/C11H16BrN3O2/c1-7(4-13-8-2-3-8)5-15-6-9(12)10(16)14-11(15)17/h6-8,13H,2-5H2,1H3,(H,14,16,17). The Bertz CT molecular complexity index is 504. The lowest BCUT2D eigenvalue weighted by atomic mass is 10.2. The van der Waals surface area contributed by atoms with Gasteiger partial charge in [-0.3, -0.25) is 14.3 Å². The summed E-state index contributed by atoms with van der Waals surface area (Å²) in [5.74, 6) is 0.353. The third-order valence-electron chi connectivity index (χ3n) is 2.81. The van der Waals surface area contributed by atoms with Crippen molar-refractivity contribution in [2.24, 2.45) is 5.92 Å². The van der Waals surface area contributed by atoms with Gasteiger partial charge in [-0.15, -0.1) is 0 Å². The van der Waals surface area contributed by atoms with Gasteiger partial charge >= 0.3 is 5.69 Å². The van der Waals surface area contributed by atoms with Crippen LogP contribution in [0.15, 0.2) is 20.3 Å². The molecule has 0 bridgehead atoms. The Morgan fingerprint density at radius 2 is 2.29 bits per heavy atom. The molecule has 1 heterocycles. The zero-order valence-corrected chi connectivity index (χ0v) is 11.3. The Hall–Kier alpha value is -0.880. The van der Waals surface area contributed by atoms with Gasteiger partial charge in [0.25, 0.3) is 5.56 Å². The minimum atomic E-state index is -0.380. The number of nitrogens with zero attached hydrogens (tertiary/aromatic N) is 1. The van der Waals surface area contributed by atoms with E-state index in [-0.39, 0.29) is 11.2 Å². The number of aromatic nitrogens is 2. The number of aromatic amines is 1. The Morgan fingerprint density at radius 3 is 2.94 bits per heavy atom. The first-order valence-corrected chi connectivity index (χ1v) is 6.58. The monoisotopic (exact) mass is 301 g/mol. The minimum absolute atomic E-state index is 0.350. The molecule has 1 unspecified atom stereocenters. The zero-order valence-electron chi connectivity index (χ0n) is 9.70. The van der Waals surface area contributed by atoms with Gasteiger partial charge in [0.15, 0.2) is 0 Å². The lowest BCUT2D eigenvalue weighted by molar-refractivity contribution is 0.432. The molecule has 0 aliphatic heterocycles. The summed E-state index contributed by atoms with van der Waals surface area (Å²) in [4.78, 5) is 25.0. The number of rotatable bonds is 5. The molecule has 2 rings (SSSR count). The Balaban J connectivity index is 1.99. The first kappa shape index (κ1) is 12.6. The molecule has 1 aliphatic carbocycles. The highest BCUT2D eigenvalue weighted by Crippen LogP contribution is 2.18. The largest absolute Gasteiger partial charge is 0.328 e. The van der Waals surface area contributed by atoms with E-state index in [0.717, 1.165) is 6.54 Å². The fourth-order valence-corrected chi connectivity index (χ4v) is 2.02. The lowest BCUT2D eigenvalue weighted by Crippen LogP contribution is -2.34. The van der Waals surface area contributed by atoms with E-state index in [9.17, 15) is 9.59 Å². The molecule has 1 atom stereocenters. The summed E-state index contributed by atoms with van der Waals surface area (Å²) >= 11 is 3.12. The van der Waals surface area contributed by atoms with Crippen LogP contribution in [0.5, 0.6) is 0 Å². The molecule has 1 aliphatic rings. The van der Waals surface area contributed by atoms with Gasteiger partial charge in [0, 0.05) is 18.8 Å². The molecule has 17 heavy (non-hydrogen) atoms. The highest BCUT2D eigenvalue weighted by molar-refractivity contribution is 9.10. The molecule has 0 radical (unpaired) electrons. The van der Waals surface area contributed by atoms with Crippen molar-refractivity contribution in [3.63, 3.8) is 0 Å². The fourth-order valence-electron chi connectivity index (χ4n) is 1.67. The van der Waals surface area contributed by atoms with Gasteiger partial charge in [-0.1, -0.05) is 6.92 Å². The second-order valence-electron chi connectivity index (χ2n) is 4.68. The zero-order chi connectivity index (χ0) is 12.4. The van der Waals surface area contributed by atoms with Crippen molar-refractivity contribution in [2.75, 3.05) is 6.54 Å². The van der Waals surface area contributed by atoms with Crippen molar-refractivity contribution in [3.05, 3.63) is 31.5 Å². The van der Waals surface area contributed by atoms with Gasteiger partial charge in [0.05, 0.1) is 4.47 Å². The highest BCUT2D eigenvalue weighted by atomic mass is 79.9. The van der Waals surface area contributed by atoms with Crippen LogP contribution in [0, 0.1) is 5.92 Å². The van der Waals surface area contributed by atoms with E-state index in [1.54, 1.807) is 6.20 Å². The normalized spacial score (nSPS) is 17.1. The van der Waals surface area contributed by atoms with E-state index < -0.39 is 0 Å². The van der Waals surface area contributed by atoms with Crippen LogP contribution in [0.1, 0.15) is 19.8 Å². The maximum absolute atomic E-state index is 11.5. The fraction of sp³-hybridized carbons (Fsp3) is 0.636. The molecule has 0 spiro atoms. The van der Waals surface area contributed by atoms with E-state index in [1.165, 1.54) is 17.4 Å². The Labute approximate surface area is 107 Å². The van der Waals surface area contributed by atoms with E-state index in [0.29, 0.717) is 23.0 Å². The molecule has 1 saturated carbocycles. The van der Waals surface area contributed by atoms with Gasteiger partial charge in [0.1, 0.15) is 0 Å². The number of nitrogens with one attached hydrogen (secondary N) is 2. The maximum atomic E-state index is 11.5. The van der Waals surface area contributed by atoms with Crippen molar-refractivity contribution < 1.29 is 0 Å². The van der Waals surface area contributed by atoms with Crippen LogP contribution in [0.3, 0.4) is 0 Å². The molecule has 0 amide bonds. The average molecular weight is 302 g/mol. The number of hydrogen-bond donors (Lipinski definition) is 2. The van der Waals surface area contributed by atoms with Crippen LogP contribution in [0.25, 0.3) is 0 Å². The summed E-state index contributed by atoms with van der Waals surface area (Å²) in [6.45, 7) is 3.59. The van der Waals surface area contributed by atoms with Gasteiger partial charge in [-0.05, 0) is 41.2 Å². The van der Waals surface area contributed by atoms with Gasteiger partial charge in [-0.25, -0.2) is 4.79 Å². The number of hydrogen-bond acceptors (Lipinski definition) is 3. The summed E-state index contributed by atoms with van der Waals surface area (Å²) in [5, 5.41) is 3.42. The first-order valence-electron chi connectivity index (χ1n) is 5.79. The minimum Gasteiger partial charge on any atom is -0.314 e. The van der Waals surface area contributed by atoms with Crippen molar-refractivity contribution in [1.29, 1.82) is 0 Å². The maximum Gasteiger partial charge on any atom is 0.328 e. The Morgan fingerprint density at radius 1 is 1.59 bits per heavy atom. The predicted octanol–water partition coefficient (Wildman–Crippen LogP) is 0.687. The number of halogens is 1. The van der Waals surface area contributed by atoms with E-state index in [1.807, 2.05) is 0 Å². The second kappa shape index (κ2) is 5.18. The molecule has 2 N–H and O–H groups in total. The highest BCUT2D eigenvalue weighted by Gasteiger charge is 2.20. The van der Waals surface area contributed by atoms with Crippen LogP contribution in [-0.2, 0) is 6.54 Å². The average Bonchev–Trinajstić information content (AvgIpc) is 3.07. The van der Waals surface area contributed by atoms with Gasteiger partial charge in [0.2, 0.25) is 0 Å². The van der Waals surface area contributed by atoms with Gasteiger partial charge < -0.3 is 5.32 Å². The Kier molecular flexibility index (Phi) is 3.83. The van der Waals surface area contributed by atoms with E-state index in [2.05, 4.69) is 33.2 Å². The van der Waals surface area contributed by atoms with Crippen molar-refractivity contribution in [1.82, 2.24) is 14.9 Å². The van der Waals surface area contributed by atoms with Crippen LogP contribution in [0.4, 0.5) is 0 Å². The summed E-state index contributed by atoms with van der Waals surface area (Å²) in [6, 6.07) is 0.677. The molecular weight excluding hydrogens is 286 g/mol. The van der Waals surface area contributed by atoms with Crippen molar-refractivity contribution in [3.8, 4) is 0 Å². The second-order valence-corrected chi connectivity index (χ2v) is 5.53. The third kappa shape index (κ3) is 3.54. The quantitative estimate of drug-likeness (QED) is 0.841. The third-order valence-corrected chi connectivity index (χ3v) is 3.37. The molecule has 0 aromatic carbocycles. The van der Waals surface area contributed by atoms with Crippen molar-refractivity contribution >= 4 is 15.9 Å². The van der Waals surface area contributed by atoms with Gasteiger partial charge in [-0.2, -0.15) is 0 Å². The lowest BCUT2D eigenvalue weighted by Gasteiger charge is -2.13. The summed E-state index contributed by atoms with van der Waals surface area (Å²) in [7, 11) is 0. The van der Waals surface area contributed by atoms with Crippen LogP contribution < -0.4 is 16.6 Å². The SMILES string of the molecule is CC(CNC1CC1)Cn1cc(Br)c(=O)[nH]c1=O. The van der Waals surface area contributed by atoms with Crippen molar-refractivity contribution in [2.45, 2.75) is 32.4 Å². The molecule has 6 heteroatoms. The van der Waals surface area contributed by atoms with Crippen LogP contribution in [0.2, 0.25) is 0 Å². The first-order chi connectivity index (χ1) is 8.06. The molecule has 1 fully saturated rings. The molecule has 94 valence electrons. The molecule has 1 aromatic rings. The van der Waals surface area contributed by atoms with Crippen LogP contribution in [-0.4, -0.2) is 22.1 Å². The molecule has 5 nitrogen and oxygen atoms in total. The molecule has 1 aromatic heterocycles. The summed E-state index contributed by atoms with van der Waals surface area (Å²) in [5.41, 5.74) is -0.730. The predicted molar refractivity (Wildman–Crippen MR) is 69.2 cm³/mol. The van der Waals surface area contributed by atoms with Crippen LogP contribution >= 0.6 is 15.9 Å².